The maximum Gasteiger partial charge on any atom is 0.471 e. The molecule has 0 unspecified atom stereocenters. The second-order valence-corrected chi connectivity index (χ2v) is 8.90. The van der Waals surface area contributed by atoms with E-state index in [1.54, 1.807) is 0 Å². The first-order chi connectivity index (χ1) is 12.0. The van der Waals surface area contributed by atoms with Gasteiger partial charge in [-0.25, -0.2) is 4.57 Å². The summed E-state index contributed by atoms with van der Waals surface area (Å²) >= 11 is 5.30. The van der Waals surface area contributed by atoms with Gasteiger partial charge < -0.3 is 24.5 Å². The first kappa shape index (κ1) is 19.4. The van der Waals surface area contributed by atoms with E-state index in [-0.39, 0.29) is 11.6 Å². The molecule has 0 radical (unpaired) electrons. The SMILES string of the molecule is CC(C)(Cl)OP(=O)(O)O.O=C1C=C(N2CC2)C(=O)C(N2CC2)=C1N1CC1. The lowest BCUT2D eigenvalue weighted by Crippen LogP contribution is -2.29. The van der Waals surface area contributed by atoms with Crippen molar-refractivity contribution in [3.8, 4) is 0 Å². The van der Waals surface area contributed by atoms with Crippen molar-refractivity contribution in [2.75, 3.05) is 39.3 Å². The van der Waals surface area contributed by atoms with Crippen LogP contribution in [0, 0.1) is 0 Å². The molecule has 3 saturated heterocycles. The summed E-state index contributed by atoms with van der Waals surface area (Å²) in [5.74, 6) is 0.0485. The van der Waals surface area contributed by atoms with Gasteiger partial charge in [0.1, 0.15) is 16.5 Å². The van der Waals surface area contributed by atoms with E-state index in [1.807, 2.05) is 14.7 Å². The molecule has 26 heavy (non-hydrogen) atoms. The Morgan fingerprint density at radius 2 is 1.46 bits per heavy atom. The first-order valence-corrected chi connectivity index (χ1v) is 10.1. The van der Waals surface area contributed by atoms with E-state index in [0.717, 1.165) is 39.3 Å². The molecule has 144 valence electrons. The second kappa shape index (κ2) is 6.65. The molecule has 2 N–H and O–H groups in total. The van der Waals surface area contributed by atoms with Crippen LogP contribution in [0.1, 0.15) is 13.8 Å². The first-order valence-electron chi connectivity index (χ1n) is 8.21. The van der Waals surface area contributed by atoms with Crippen molar-refractivity contribution < 1.29 is 28.5 Å². The Hall–Kier alpha value is -1.38. The predicted molar refractivity (Wildman–Crippen MR) is 92.9 cm³/mol. The van der Waals surface area contributed by atoms with Gasteiger partial charge in [-0.3, -0.25) is 14.1 Å². The van der Waals surface area contributed by atoms with Gasteiger partial charge in [0.05, 0.1) is 5.70 Å². The fourth-order valence-corrected chi connectivity index (χ4v) is 3.39. The number of Topliss-reactive ketones (excluding diaryl/α,β-unsaturated/α-hetero) is 1. The Morgan fingerprint density at radius 3 is 1.81 bits per heavy atom. The molecule has 0 aromatic heterocycles. The normalized spacial score (nSPS) is 22.2. The molecule has 0 aromatic rings. The molecule has 4 aliphatic rings. The second-order valence-electron chi connectivity index (χ2n) is 6.83. The number of nitrogens with zero attached hydrogens (tertiary/aromatic N) is 3. The van der Waals surface area contributed by atoms with Crippen LogP contribution in [0.2, 0.25) is 0 Å². The smallest absolute Gasteiger partial charge is 0.365 e. The van der Waals surface area contributed by atoms with Crippen LogP contribution in [0.5, 0.6) is 0 Å². The molecule has 0 spiro atoms. The number of phosphoric acid groups is 1. The minimum absolute atomic E-state index is 0.00546. The average Bonchev–Trinajstić information content (AvgIpc) is 3.33. The monoisotopic (exact) mass is 405 g/mol. The van der Waals surface area contributed by atoms with Crippen LogP contribution in [0.4, 0.5) is 0 Å². The van der Waals surface area contributed by atoms with Gasteiger partial charge in [-0.2, -0.15) is 0 Å². The lowest BCUT2D eigenvalue weighted by molar-refractivity contribution is -0.117. The van der Waals surface area contributed by atoms with E-state index in [2.05, 4.69) is 4.52 Å². The van der Waals surface area contributed by atoms with E-state index < -0.39 is 12.9 Å². The fraction of sp³-hybridized carbons (Fsp3) is 0.600. The van der Waals surface area contributed by atoms with Crippen LogP contribution in [-0.2, 0) is 18.7 Å². The van der Waals surface area contributed by atoms with E-state index >= 15 is 0 Å². The highest BCUT2D eigenvalue weighted by Crippen LogP contribution is 2.42. The summed E-state index contributed by atoms with van der Waals surface area (Å²) in [7, 11) is -4.42. The molecule has 0 saturated carbocycles. The molecule has 0 atom stereocenters. The lowest BCUT2D eigenvalue weighted by atomic mass is 10.0. The van der Waals surface area contributed by atoms with Gasteiger partial charge in [-0.15, -0.1) is 0 Å². The van der Waals surface area contributed by atoms with Crippen LogP contribution in [-0.4, -0.2) is 80.4 Å². The Labute approximate surface area is 156 Å². The number of hydrogen-bond acceptors (Lipinski definition) is 7. The summed E-state index contributed by atoms with van der Waals surface area (Å²) < 4.78 is 14.1. The number of ketones is 2. The van der Waals surface area contributed by atoms with Gasteiger partial charge in [0.15, 0.2) is 0 Å². The van der Waals surface area contributed by atoms with E-state index in [0.29, 0.717) is 17.1 Å². The number of alkyl halides is 1. The van der Waals surface area contributed by atoms with Crippen molar-refractivity contribution >= 4 is 31.0 Å². The quantitative estimate of drug-likeness (QED) is 0.288. The van der Waals surface area contributed by atoms with Crippen LogP contribution in [0.25, 0.3) is 0 Å². The molecule has 3 heterocycles. The molecule has 11 heteroatoms. The van der Waals surface area contributed by atoms with Crippen molar-refractivity contribution in [3.05, 3.63) is 23.2 Å². The van der Waals surface area contributed by atoms with Crippen LogP contribution >= 0.6 is 19.4 Å². The van der Waals surface area contributed by atoms with Gasteiger partial charge >= 0.3 is 7.82 Å². The molecule has 0 amide bonds. The van der Waals surface area contributed by atoms with Gasteiger partial charge in [-0.1, -0.05) is 11.6 Å². The summed E-state index contributed by atoms with van der Waals surface area (Å²) in [4.78, 5) is 46.8. The lowest BCUT2D eigenvalue weighted by Gasteiger charge is -2.21. The Bertz CT molecular complexity index is 741. The number of carbonyl (C=O) groups excluding carboxylic acids is 2. The van der Waals surface area contributed by atoms with Gasteiger partial charge in [0.2, 0.25) is 11.6 Å². The number of halogens is 1. The molecule has 0 bridgehead atoms. The standard InChI is InChI=1S/C12H13N3O2.C3H8ClO4P/c16-9-7-8(13-1-2-13)12(17)11(15-5-6-15)10(9)14-3-4-14;1-3(2,4)8-9(5,6)7/h7H,1-6H2;1-2H3,(H2,5,6,7). The van der Waals surface area contributed by atoms with Crippen molar-refractivity contribution in [2.45, 2.75) is 18.9 Å². The molecule has 4 rings (SSSR count). The van der Waals surface area contributed by atoms with Crippen LogP contribution in [0.15, 0.2) is 23.2 Å². The zero-order chi connectivity index (χ0) is 19.3. The van der Waals surface area contributed by atoms with Crippen LogP contribution in [0.3, 0.4) is 0 Å². The minimum Gasteiger partial charge on any atom is -0.365 e. The number of hydrogen-bond donors (Lipinski definition) is 2. The number of phosphoric ester groups is 1. The van der Waals surface area contributed by atoms with Gasteiger partial charge in [0.25, 0.3) is 0 Å². The van der Waals surface area contributed by atoms with Crippen LogP contribution < -0.4 is 0 Å². The molecular formula is C15H21ClN3O6P. The topological polar surface area (TPSA) is 110 Å². The summed E-state index contributed by atoms with van der Waals surface area (Å²) in [6.45, 7) is 8.09. The highest BCUT2D eigenvalue weighted by Gasteiger charge is 2.43. The summed E-state index contributed by atoms with van der Waals surface area (Å²) in [5.41, 5.74) is 1.89. The Morgan fingerprint density at radius 1 is 1.00 bits per heavy atom. The number of carbonyl (C=O) groups is 2. The summed E-state index contributed by atoms with van der Waals surface area (Å²) in [6.07, 6.45) is 1.52. The molecule has 3 fully saturated rings. The highest BCUT2D eigenvalue weighted by molar-refractivity contribution is 7.46. The van der Waals surface area contributed by atoms with Crippen molar-refractivity contribution in [1.29, 1.82) is 0 Å². The zero-order valence-electron chi connectivity index (χ0n) is 14.5. The minimum atomic E-state index is -4.42. The molecule has 3 aliphatic heterocycles. The highest BCUT2D eigenvalue weighted by atomic mass is 35.5. The van der Waals surface area contributed by atoms with E-state index in [4.69, 9.17) is 21.4 Å². The third-order valence-electron chi connectivity index (χ3n) is 3.82. The van der Waals surface area contributed by atoms with E-state index in [9.17, 15) is 14.2 Å². The number of allylic oxidation sites excluding steroid dienone is 1. The molecule has 1 aliphatic carbocycles. The predicted octanol–water partition coefficient (Wildman–Crippen LogP) is 0.251. The van der Waals surface area contributed by atoms with Gasteiger partial charge in [0, 0.05) is 45.3 Å². The number of rotatable bonds is 5. The Balaban J connectivity index is 0.000000188. The molecular weight excluding hydrogens is 385 g/mol. The third-order valence-corrected chi connectivity index (χ3v) is 4.70. The summed E-state index contributed by atoms with van der Waals surface area (Å²) in [6, 6.07) is 0. The average molecular weight is 406 g/mol. The Kier molecular flexibility index (Phi) is 4.96. The molecule has 9 nitrogen and oxygen atoms in total. The third kappa shape index (κ3) is 5.08. The largest absolute Gasteiger partial charge is 0.471 e. The van der Waals surface area contributed by atoms with Crippen molar-refractivity contribution in [1.82, 2.24) is 14.7 Å². The maximum atomic E-state index is 12.4. The van der Waals surface area contributed by atoms with Crippen molar-refractivity contribution in [3.63, 3.8) is 0 Å². The maximum absolute atomic E-state index is 12.4. The fourth-order valence-electron chi connectivity index (χ4n) is 2.56. The zero-order valence-corrected chi connectivity index (χ0v) is 16.2. The van der Waals surface area contributed by atoms with Gasteiger partial charge in [-0.05, 0) is 13.8 Å². The molecule has 0 aromatic carbocycles. The summed E-state index contributed by atoms with van der Waals surface area (Å²) in [5, 5.41) is -1.31. The van der Waals surface area contributed by atoms with E-state index in [1.165, 1.54) is 19.9 Å². The van der Waals surface area contributed by atoms with Crippen molar-refractivity contribution in [2.24, 2.45) is 0 Å².